The number of benzene rings is 1. The van der Waals surface area contributed by atoms with E-state index in [1.165, 1.54) is 11.3 Å². The molecule has 0 aliphatic carbocycles. The highest BCUT2D eigenvalue weighted by Crippen LogP contribution is 2.25. The molecule has 1 aromatic heterocycles. The number of carbonyl (C=O) groups excluding carboxylic acids is 1. The minimum atomic E-state index is -0.563. The molecule has 1 heterocycles. The molecule has 0 aliphatic heterocycles. The van der Waals surface area contributed by atoms with E-state index >= 15 is 0 Å². The van der Waals surface area contributed by atoms with Gasteiger partial charge >= 0.3 is 0 Å². The first kappa shape index (κ1) is 14.7. The average Bonchev–Trinajstić information content (AvgIpc) is 2.86. The molecule has 0 saturated carbocycles. The predicted octanol–water partition coefficient (Wildman–Crippen LogP) is 3.12. The van der Waals surface area contributed by atoms with E-state index in [9.17, 15) is 4.79 Å². The average molecular weight is 289 g/mol. The van der Waals surface area contributed by atoms with Crippen molar-refractivity contribution < 1.29 is 4.79 Å². The van der Waals surface area contributed by atoms with E-state index in [-0.39, 0.29) is 11.3 Å². The molecule has 1 aromatic carbocycles. The molecule has 20 heavy (non-hydrogen) atoms. The number of thiazole rings is 1. The molecule has 0 radical (unpaired) electrons. The van der Waals surface area contributed by atoms with E-state index in [0.717, 1.165) is 11.3 Å². The van der Waals surface area contributed by atoms with E-state index in [4.69, 9.17) is 5.73 Å². The number of nitrogens with zero attached hydrogens (tertiary/aromatic N) is 1. The van der Waals surface area contributed by atoms with Crippen LogP contribution in [-0.2, 0) is 4.79 Å². The summed E-state index contributed by atoms with van der Waals surface area (Å²) in [6, 6.07) is 9.29. The van der Waals surface area contributed by atoms with Crippen LogP contribution in [0.25, 0.3) is 11.3 Å². The Kier molecular flexibility index (Phi) is 4.20. The van der Waals surface area contributed by atoms with Crippen molar-refractivity contribution in [1.82, 2.24) is 4.98 Å². The fraction of sp³-hybridized carbons (Fsp3) is 0.333. The highest BCUT2D eigenvalue weighted by atomic mass is 32.1. The van der Waals surface area contributed by atoms with Crippen molar-refractivity contribution in [2.75, 3.05) is 5.32 Å². The van der Waals surface area contributed by atoms with Crippen molar-refractivity contribution in [3.63, 3.8) is 0 Å². The predicted molar refractivity (Wildman–Crippen MR) is 83.6 cm³/mol. The van der Waals surface area contributed by atoms with Gasteiger partial charge in [-0.3, -0.25) is 4.79 Å². The Morgan fingerprint density at radius 2 is 1.95 bits per heavy atom. The summed E-state index contributed by atoms with van der Waals surface area (Å²) in [5, 5.41) is 5.28. The first-order valence-electron chi connectivity index (χ1n) is 6.45. The lowest BCUT2D eigenvalue weighted by Gasteiger charge is -2.25. The van der Waals surface area contributed by atoms with Crippen molar-refractivity contribution in [2.45, 2.75) is 26.8 Å². The van der Waals surface area contributed by atoms with Gasteiger partial charge in [-0.15, -0.1) is 11.3 Å². The molecule has 5 heteroatoms. The van der Waals surface area contributed by atoms with Crippen molar-refractivity contribution in [3.8, 4) is 11.3 Å². The van der Waals surface area contributed by atoms with E-state index in [1.807, 2.05) is 56.5 Å². The number of hydrogen-bond donors (Lipinski definition) is 2. The van der Waals surface area contributed by atoms with Gasteiger partial charge in [0, 0.05) is 10.9 Å². The van der Waals surface area contributed by atoms with Crippen LogP contribution in [-0.4, -0.2) is 16.9 Å². The Labute approximate surface area is 123 Å². The minimum absolute atomic E-state index is 0.202. The molecule has 0 saturated heterocycles. The molecule has 0 fully saturated rings. The zero-order valence-corrected chi connectivity index (χ0v) is 12.7. The van der Waals surface area contributed by atoms with E-state index < -0.39 is 6.04 Å². The van der Waals surface area contributed by atoms with Crippen LogP contribution in [0.1, 0.15) is 20.8 Å². The third-order valence-corrected chi connectivity index (χ3v) is 3.78. The van der Waals surface area contributed by atoms with Gasteiger partial charge in [0.25, 0.3) is 0 Å². The molecule has 0 bridgehead atoms. The summed E-state index contributed by atoms with van der Waals surface area (Å²) < 4.78 is 0. The van der Waals surface area contributed by atoms with Gasteiger partial charge in [0.1, 0.15) is 0 Å². The molecule has 0 unspecified atom stereocenters. The number of carbonyl (C=O) groups is 1. The number of hydrogen-bond acceptors (Lipinski definition) is 4. The molecule has 0 aliphatic rings. The molecule has 3 N–H and O–H groups in total. The number of aromatic nitrogens is 1. The highest BCUT2D eigenvalue weighted by molar-refractivity contribution is 7.14. The molecule has 1 amide bonds. The smallest absolute Gasteiger partial charge is 0.243 e. The first-order valence-corrected chi connectivity index (χ1v) is 7.33. The number of nitrogens with two attached hydrogens (primary N) is 1. The Morgan fingerprint density at radius 1 is 1.30 bits per heavy atom. The van der Waals surface area contributed by atoms with E-state index in [1.54, 1.807) is 0 Å². The first-order chi connectivity index (χ1) is 9.38. The molecule has 2 aromatic rings. The molecule has 2 rings (SSSR count). The van der Waals surface area contributed by atoms with Crippen LogP contribution in [0.4, 0.5) is 5.13 Å². The molecule has 0 spiro atoms. The lowest BCUT2D eigenvalue weighted by atomic mass is 9.87. The normalized spacial score (nSPS) is 13.0. The zero-order chi connectivity index (χ0) is 14.8. The third-order valence-electron chi connectivity index (χ3n) is 3.02. The van der Waals surface area contributed by atoms with Gasteiger partial charge in [-0.2, -0.15) is 0 Å². The molecular formula is C15H19N3OS. The number of anilines is 1. The second kappa shape index (κ2) is 5.73. The standard InChI is InChI=1S/C15H19N3OS/c1-15(2,3)12(16)13(19)18-14-17-11(9-20-14)10-7-5-4-6-8-10/h4-9,12H,16H2,1-3H3,(H,17,18,19)/t12-/m1/s1. The Morgan fingerprint density at radius 3 is 2.55 bits per heavy atom. The topological polar surface area (TPSA) is 68.0 Å². The SMILES string of the molecule is CC(C)(C)[C@H](N)C(=O)Nc1nc(-c2ccccc2)cs1. The monoisotopic (exact) mass is 289 g/mol. The van der Waals surface area contributed by atoms with Crippen LogP contribution in [0.2, 0.25) is 0 Å². The summed E-state index contributed by atoms with van der Waals surface area (Å²) in [6.45, 7) is 5.82. The summed E-state index contributed by atoms with van der Waals surface area (Å²) in [7, 11) is 0. The summed E-state index contributed by atoms with van der Waals surface area (Å²) in [4.78, 5) is 16.5. The van der Waals surface area contributed by atoms with Crippen LogP contribution in [0.3, 0.4) is 0 Å². The summed E-state index contributed by atoms with van der Waals surface area (Å²) in [5.74, 6) is -0.202. The highest BCUT2D eigenvalue weighted by Gasteiger charge is 2.27. The quantitative estimate of drug-likeness (QED) is 0.912. The van der Waals surface area contributed by atoms with Gasteiger partial charge in [0.15, 0.2) is 5.13 Å². The van der Waals surface area contributed by atoms with Gasteiger partial charge in [-0.05, 0) is 5.41 Å². The second-order valence-electron chi connectivity index (χ2n) is 5.74. The summed E-state index contributed by atoms with van der Waals surface area (Å²) in [5.41, 5.74) is 7.54. The Hall–Kier alpha value is -1.72. The van der Waals surface area contributed by atoms with Crippen molar-refractivity contribution in [2.24, 2.45) is 11.1 Å². The summed E-state index contributed by atoms with van der Waals surface area (Å²) in [6.07, 6.45) is 0. The number of amides is 1. The van der Waals surface area contributed by atoms with Crippen molar-refractivity contribution in [3.05, 3.63) is 35.7 Å². The van der Waals surface area contributed by atoms with Gasteiger partial charge in [-0.25, -0.2) is 4.98 Å². The Balaban J connectivity index is 2.09. The van der Waals surface area contributed by atoms with Crippen LogP contribution in [0, 0.1) is 5.41 Å². The Bertz CT molecular complexity index is 587. The van der Waals surface area contributed by atoms with Gasteiger partial charge < -0.3 is 11.1 Å². The van der Waals surface area contributed by atoms with Crippen LogP contribution in [0.5, 0.6) is 0 Å². The molecule has 1 atom stereocenters. The number of rotatable bonds is 3. The zero-order valence-electron chi connectivity index (χ0n) is 11.9. The van der Waals surface area contributed by atoms with Gasteiger partial charge in [-0.1, -0.05) is 51.1 Å². The van der Waals surface area contributed by atoms with Gasteiger partial charge in [0.05, 0.1) is 11.7 Å². The van der Waals surface area contributed by atoms with Crippen molar-refractivity contribution >= 4 is 22.4 Å². The lowest BCUT2D eigenvalue weighted by molar-refractivity contribution is -0.119. The fourth-order valence-electron chi connectivity index (χ4n) is 1.65. The van der Waals surface area contributed by atoms with Crippen LogP contribution >= 0.6 is 11.3 Å². The maximum absolute atomic E-state index is 12.0. The largest absolute Gasteiger partial charge is 0.319 e. The molecule has 106 valence electrons. The van der Waals surface area contributed by atoms with Crippen LogP contribution < -0.4 is 11.1 Å². The maximum Gasteiger partial charge on any atom is 0.243 e. The third kappa shape index (κ3) is 3.43. The molecule has 4 nitrogen and oxygen atoms in total. The minimum Gasteiger partial charge on any atom is -0.319 e. The van der Waals surface area contributed by atoms with E-state index in [0.29, 0.717) is 5.13 Å². The van der Waals surface area contributed by atoms with E-state index in [2.05, 4.69) is 10.3 Å². The lowest BCUT2D eigenvalue weighted by Crippen LogP contribution is -2.45. The fourth-order valence-corrected chi connectivity index (χ4v) is 2.37. The number of nitrogens with one attached hydrogen (secondary N) is 1. The molecular weight excluding hydrogens is 270 g/mol. The van der Waals surface area contributed by atoms with Crippen LogP contribution in [0.15, 0.2) is 35.7 Å². The summed E-state index contributed by atoms with van der Waals surface area (Å²) >= 11 is 1.40. The second-order valence-corrected chi connectivity index (χ2v) is 6.59. The van der Waals surface area contributed by atoms with Gasteiger partial charge in [0.2, 0.25) is 5.91 Å². The maximum atomic E-state index is 12.0. The van der Waals surface area contributed by atoms with Crippen molar-refractivity contribution in [1.29, 1.82) is 0 Å².